The van der Waals surface area contributed by atoms with Crippen molar-refractivity contribution < 1.29 is 0 Å². The summed E-state index contributed by atoms with van der Waals surface area (Å²) >= 11 is 3.59. The quantitative estimate of drug-likeness (QED) is 0.887. The third-order valence-corrected chi connectivity index (χ3v) is 4.56. The number of nitrogens with two attached hydrogens (primary N) is 1. The van der Waals surface area contributed by atoms with Gasteiger partial charge >= 0.3 is 0 Å². The van der Waals surface area contributed by atoms with Crippen LogP contribution in [0.1, 0.15) is 25.7 Å². The summed E-state index contributed by atoms with van der Waals surface area (Å²) in [5, 5.41) is 5.96. The summed E-state index contributed by atoms with van der Waals surface area (Å²) in [7, 11) is 0. The second-order valence-corrected chi connectivity index (χ2v) is 6.10. The number of fused-ring (bicyclic) bond motifs is 1. The SMILES string of the molecule is NC1CCC(Nc2nccc3c(Br)cccc23)CC1. The molecule has 4 heteroatoms. The van der Waals surface area contributed by atoms with Gasteiger partial charge in [-0.25, -0.2) is 4.98 Å². The van der Waals surface area contributed by atoms with Crippen molar-refractivity contribution in [3.8, 4) is 0 Å². The molecule has 1 aliphatic rings. The number of aromatic nitrogens is 1. The summed E-state index contributed by atoms with van der Waals surface area (Å²) < 4.78 is 1.11. The lowest BCUT2D eigenvalue weighted by Crippen LogP contribution is -2.33. The molecule has 1 aliphatic carbocycles. The molecular weight excluding hydrogens is 302 g/mol. The Bertz CT molecular complexity index is 577. The minimum atomic E-state index is 0.382. The zero-order valence-corrected chi connectivity index (χ0v) is 12.4. The molecule has 0 saturated heterocycles. The van der Waals surface area contributed by atoms with Crippen molar-refractivity contribution in [1.82, 2.24) is 4.98 Å². The highest BCUT2D eigenvalue weighted by atomic mass is 79.9. The maximum absolute atomic E-state index is 5.95. The van der Waals surface area contributed by atoms with E-state index in [1.54, 1.807) is 0 Å². The minimum Gasteiger partial charge on any atom is -0.367 e. The monoisotopic (exact) mass is 319 g/mol. The number of pyridine rings is 1. The molecule has 1 saturated carbocycles. The van der Waals surface area contributed by atoms with E-state index in [-0.39, 0.29) is 0 Å². The van der Waals surface area contributed by atoms with Crippen LogP contribution >= 0.6 is 15.9 Å². The van der Waals surface area contributed by atoms with Gasteiger partial charge < -0.3 is 11.1 Å². The Morgan fingerprint density at radius 1 is 1.11 bits per heavy atom. The van der Waals surface area contributed by atoms with E-state index in [1.165, 1.54) is 10.8 Å². The summed E-state index contributed by atoms with van der Waals surface area (Å²) in [6.07, 6.45) is 6.34. The van der Waals surface area contributed by atoms with Crippen molar-refractivity contribution in [3.05, 3.63) is 34.9 Å². The molecule has 3 nitrogen and oxygen atoms in total. The van der Waals surface area contributed by atoms with Gasteiger partial charge in [0.1, 0.15) is 5.82 Å². The van der Waals surface area contributed by atoms with Gasteiger partial charge in [0, 0.05) is 33.5 Å². The Hall–Kier alpha value is -1.13. The third-order valence-electron chi connectivity index (χ3n) is 3.87. The zero-order valence-electron chi connectivity index (χ0n) is 10.8. The molecule has 1 aromatic heterocycles. The topological polar surface area (TPSA) is 50.9 Å². The highest BCUT2D eigenvalue weighted by Crippen LogP contribution is 2.29. The van der Waals surface area contributed by atoms with Gasteiger partial charge in [0.2, 0.25) is 0 Å². The number of hydrogen-bond acceptors (Lipinski definition) is 3. The summed E-state index contributed by atoms with van der Waals surface area (Å²) in [5.41, 5.74) is 5.95. The van der Waals surface area contributed by atoms with Crippen LogP contribution in [0, 0.1) is 0 Å². The van der Waals surface area contributed by atoms with Crippen molar-refractivity contribution >= 4 is 32.5 Å². The van der Waals surface area contributed by atoms with Gasteiger partial charge in [-0.2, -0.15) is 0 Å². The highest BCUT2D eigenvalue weighted by Gasteiger charge is 2.19. The zero-order chi connectivity index (χ0) is 13.2. The smallest absolute Gasteiger partial charge is 0.134 e. The summed E-state index contributed by atoms with van der Waals surface area (Å²) in [4.78, 5) is 4.50. The van der Waals surface area contributed by atoms with E-state index in [2.05, 4.69) is 44.4 Å². The first-order valence-corrected chi connectivity index (χ1v) is 7.58. The van der Waals surface area contributed by atoms with Crippen LogP contribution in [0.4, 0.5) is 5.82 Å². The van der Waals surface area contributed by atoms with Gasteiger partial charge in [-0.3, -0.25) is 0 Å². The van der Waals surface area contributed by atoms with Crippen molar-refractivity contribution in [2.24, 2.45) is 5.73 Å². The van der Waals surface area contributed by atoms with Crippen molar-refractivity contribution in [3.63, 3.8) is 0 Å². The molecule has 1 heterocycles. The average Bonchev–Trinajstić information content (AvgIpc) is 2.43. The van der Waals surface area contributed by atoms with E-state index >= 15 is 0 Å². The van der Waals surface area contributed by atoms with E-state index in [0.717, 1.165) is 36.0 Å². The van der Waals surface area contributed by atoms with Crippen molar-refractivity contribution in [1.29, 1.82) is 0 Å². The number of rotatable bonds is 2. The number of nitrogens with one attached hydrogen (secondary N) is 1. The van der Waals surface area contributed by atoms with E-state index in [0.29, 0.717) is 12.1 Å². The van der Waals surface area contributed by atoms with Crippen molar-refractivity contribution in [2.75, 3.05) is 5.32 Å². The fourth-order valence-corrected chi connectivity index (χ4v) is 3.24. The second-order valence-electron chi connectivity index (χ2n) is 5.25. The molecule has 1 fully saturated rings. The number of hydrogen-bond donors (Lipinski definition) is 2. The van der Waals surface area contributed by atoms with Gasteiger partial charge in [0.05, 0.1) is 0 Å². The Morgan fingerprint density at radius 3 is 2.68 bits per heavy atom. The third kappa shape index (κ3) is 2.74. The molecule has 0 bridgehead atoms. The van der Waals surface area contributed by atoms with Crippen LogP contribution in [0.25, 0.3) is 10.8 Å². The molecule has 19 heavy (non-hydrogen) atoms. The largest absolute Gasteiger partial charge is 0.367 e. The van der Waals surface area contributed by atoms with E-state index in [9.17, 15) is 0 Å². The first-order chi connectivity index (χ1) is 9.24. The number of nitrogens with zero attached hydrogens (tertiary/aromatic N) is 1. The van der Waals surface area contributed by atoms with Crippen LogP contribution in [0.15, 0.2) is 34.9 Å². The van der Waals surface area contributed by atoms with Gasteiger partial charge in [-0.15, -0.1) is 0 Å². The maximum Gasteiger partial charge on any atom is 0.134 e. The van der Waals surface area contributed by atoms with Crippen LogP contribution in [0.2, 0.25) is 0 Å². The van der Waals surface area contributed by atoms with Crippen LogP contribution in [0.5, 0.6) is 0 Å². The molecule has 0 atom stereocenters. The Morgan fingerprint density at radius 2 is 1.89 bits per heavy atom. The number of benzene rings is 1. The minimum absolute atomic E-state index is 0.382. The Balaban J connectivity index is 1.87. The number of anilines is 1. The molecule has 0 aliphatic heterocycles. The fraction of sp³-hybridized carbons (Fsp3) is 0.400. The number of halogens is 1. The van der Waals surface area contributed by atoms with Crippen LogP contribution in [0.3, 0.4) is 0 Å². The normalized spacial score (nSPS) is 23.5. The van der Waals surface area contributed by atoms with E-state index in [4.69, 9.17) is 5.73 Å². The van der Waals surface area contributed by atoms with Gasteiger partial charge in [-0.05, 0) is 37.8 Å². The predicted octanol–water partition coefficient (Wildman–Crippen LogP) is 3.68. The lowest BCUT2D eigenvalue weighted by atomic mass is 9.92. The molecular formula is C15H18BrN3. The summed E-state index contributed by atoms with van der Waals surface area (Å²) in [5.74, 6) is 0.985. The maximum atomic E-state index is 5.95. The fourth-order valence-electron chi connectivity index (χ4n) is 2.74. The first-order valence-electron chi connectivity index (χ1n) is 6.79. The summed E-state index contributed by atoms with van der Waals surface area (Å²) in [6, 6.07) is 9.15. The van der Waals surface area contributed by atoms with Crippen LogP contribution in [-0.4, -0.2) is 17.1 Å². The average molecular weight is 320 g/mol. The van der Waals surface area contributed by atoms with E-state index < -0.39 is 0 Å². The van der Waals surface area contributed by atoms with E-state index in [1.807, 2.05) is 12.3 Å². The van der Waals surface area contributed by atoms with Crippen LogP contribution < -0.4 is 11.1 Å². The molecule has 2 aromatic rings. The first kappa shape index (κ1) is 12.9. The molecule has 100 valence electrons. The lowest BCUT2D eigenvalue weighted by molar-refractivity contribution is 0.410. The molecule has 1 aromatic carbocycles. The lowest BCUT2D eigenvalue weighted by Gasteiger charge is -2.27. The molecule has 3 N–H and O–H groups in total. The van der Waals surface area contributed by atoms with Crippen molar-refractivity contribution in [2.45, 2.75) is 37.8 Å². The Labute approximate surface area is 121 Å². The molecule has 0 unspecified atom stereocenters. The Kier molecular flexibility index (Phi) is 3.71. The molecule has 0 spiro atoms. The predicted molar refractivity (Wildman–Crippen MR) is 83.3 cm³/mol. The molecule has 3 rings (SSSR count). The highest BCUT2D eigenvalue weighted by molar-refractivity contribution is 9.10. The van der Waals surface area contributed by atoms with Gasteiger partial charge in [0.15, 0.2) is 0 Å². The van der Waals surface area contributed by atoms with Gasteiger partial charge in [-0.1, -0.05) is 28.1 Å². The molecule has 0 radical (unpaired) electrons. The van der Waals surface area contributed by atoms with Crippen LogP contribution in [-0.2, 0) is 0 Å². The standard InChI is InChI=1S/C15H18BrN3/c16-14-3-1-2-13-12(14)8-9-18-15(13)19-11-6-4-10(17)5-7-11/h1-3,8-11H,4-7,17H2,(H,18,19). The summed E-state index contributed by atoms with van der Waals surface area (Å²) in [6.45, 7) is 0. The van der Waals surface area contributed by atoms with Gasteiger partial charge in [0.25, 0.3) is 0 Å². The second kappa shape index (κ2) is 5.47. The molecule has 0 amide bonds.